The molecule has 2 heterocycles. The summed E-state index contributed by atoms with van der Waals surface area (Å²) in [4.78, 5) is 48.8. The molecule has 1 atom stereocenters. The van der Waals surface area contributed by atoms with E-state index in [4.69, 9.17) is 19.9 Å². The van der Waals surface area contributed by atoms with Gasteiger partial charge in [0.2, 0.25) is 10.0 Å². The van der Waals surface area contributed by atoms with Gasteiger partial charge in [-0.25, -0.2) is 13.2 Å². The Morgan fingerprint density at radius 3 is 2.50 bits per heavy atom. The summed E-state index contributed by atoms with van der Waals surface area (Å²) in [6, 6.07) is -0.991. The maximum absolute atomic E-state index is 12.4. The molecule has 1 fully saturated rings. The zero-order chi connectivity index (χ0) is 24.1. The first-order valence-electron chi connectivity index (χ1n) is 9.50. The minimum atomic E-state index is -3.59. The van der Waals surface area contributed by atoms with Crippen LogP contribution >= 0.6 is 11.3 Å². The van der Waals surface area contributed by atoms with E-state index in [2.05, 4.69) is 5.32 Å². The van der Waals surface area contributed by atoms with Crippen molar-refractivity contribution in [1.29, 1.82) is 0 Å². The molecule has 0 bridgehead atoms. The maximum Gasteiger partial charge on any atom is 0.341 e. The first-order valence-corrected chi connectivity index (χ1v) is 12.2. The molecule has 2 rings (SSSR count). The number of methoxy groups -OCH3 is 1. The number of nitrogens with zero attached hydrogens (tertiary/aromatic N) is 1. The minimum absolute atomic E-state index is 0.0124. The molecule has 1 aromatic rings. The number of primary amides is 1. The predicted octanol–water partition coefficient (Wildman–Crippen LogP) is -0.136. The van der Waals surface area contributed by atoms with Gasteiger partial charge in [-0.3, -0.25) is 14.4 Å². The van der Waals surface area contributed by atoms with E-state index >= 15 is 0 Å². The SMILES string of the molecule is COCCOC(=O)c1c(NC(=O)COC(=O)[C@@H]2CCCN2S(C)(=O)=O)sc(C(N)=O)c1C. The first-order chi connectivity index (χ1) is 15.0. The van der Waals surface area contributed by atoms with Gasteiger partial charge in [0.1, 0.15) is 17.6 Å². The number of hydrogen-bond acceptors (Lipinski definition) is 10. The topological polar surface area (TPSA) is 171 Å². The zero-order valence-corrected chi connectivity index (χ0v) is 19.5. The summed E-state index contributed by atoms with van der Waals surface area (Å²) in [7, 11) is -2.16. The molecule has 3 N–H and O–H groups in total. The van der Waals surface area contributed by atoms with E-state index in [0.717, 1.165) is 21.9 Å². The summed E-state index contributed by atoms with van der Waals surface area (Å²) in [6.07, 6.45) is 1.78. The molecule has 0 aromatic carbocycles. The molecular formula is C18H25N3O9S2. The Bertz CT molecular complexity index is 1000. The van der Waals surface area contributed by atoms with Gasteiger partial charge in [-0.1, -0.05) is 0 Å². The van der Waals surface area contributed by atoms with Crippen LogP contribution in [0.15, 0.2) is 0 Å². The second-order valence-electron chi connectivity index (χ2n) is 6.94. The molecule has 1 aromatic heterocycles. The highest BCUT2D eigenvalue weighted by molar-refractivity contribution is 7.88. The molecule has 0 aliphatic carbocycles. The summed E-state index contributed by atoms with van der Waals surface area (Å²) < 4.78 is 39.4. The van der Waals surface area contributed by atoms with Crippen molar-refractivity contribution in [3.63, 3.8) is 0 Å². The lowest BCUT2D eigenvalue weighted by molar-refractivity contribution is -0.150. The lowest BCUT2D eigenvalue weighted by atomic mass is 10.1. The monoisotopic (exact) mass is 491 g/mol. The van der Waals surface area contributed by atoms with Crippen molar-refractivity contribution < 1.29 is 41.8 Å². The minimum Gasteiger partial charge on any atom is -0.460 e. The molecule has 1 aliphatic heterocycles. The van der Waals surface area contributed by atoms with Crippen molar-refractivity contribution in [2.75, 3.05) is 45.0 Å². The fraction of sp³-hybridized carbons (Fsp3) is 0.556. The number of carbonyl (C=O) groups excluding carboxylic acids is 4. The van der Waals surface area contributed by atoms with Gasteiger partial charge in [0.15, 0.2) is 6.61 Å². The lowest BCUT2D eigenvalue weighted by Crippen LogP contribution is -2.41. The first kappa shape index (κ1) is 25.7. The van der Waals surface area contributed by atoms with Crippen molar-refractivity contribution in [3.05, 3.63) is 16.0 Å². The van der Waals surface area contributed by atoms with Crippen molar-refractivity contribution >= 4 is 50.1 Å². The fourth-order valence-electron chi connectivity index (χ4n) is 3.14. The number of rotatable bonds is 10. The van der Waals surface area contributed by atoms with Gasteiger partial charge in [-0.15, -0.1) is 11.3 Å². The molecule has 0 unspecified atom stereocenters. The second kappa shape index (κ2) is 10.8. The lowest BCUT2D eigenvalue weighted by Gasteiger charge is -2.20. The van der Waals surface area contributed by atoms with Crippen LogP contribution in [0.4, 0.5) is 5.00 Å². The fourth-order valence-corrected chi connectivity index (χ4v) is 5.32. The van der Waals surface area contributed by atoms with Crippen molar-refractivity contribution in [3.8, 4) is 0 Å². The van der Waals surface area contributed by atoms with Crippen LogP contribution in [-0.4, -0.2) is 82.2 Å². The molecule has 1 saturated heterocycles. The molecule has 14 heteroatoms. The number of thiophene rings is 1. The largest absolute Gasteiger partial charge is 0.460 e. The Labute approximate surface area is 189 Å². The van der Waals surface area contributed by atoms with Crippen LogP contribution in [0.2, 0.25) is 0 Å². The quantitative estimate of drug-likeness (QED) is 0.334. The highest BCUT2D eigenvalue weighted by atomic mass is 32.2. The van der Waals surface area contributed by atoms with Crippen LogP contribution in [-0.2, 0) is 33.8 Å². The number of nitrogens with one attached hydrogen (secondary N) is 1. The number of amides is 2. The molecule has 2 amide bonds. The van der Waals surface area contributed by atoms with E-state index in [9.17, 15) is 27.6 Å². The second-order valence-corrected chi connectivity index (χ2v) is 9.90. The number of anilines is 1. The number of sulfonamides is 1. The van der Waals surface area contributed by atoms with Crippen molar-refractivity contribution in [2.24, 2.45) is 5.73 Å². The Morgan fingerprint density at radius 1 is 1.22 bits per heavy atom. The van der Waals surface area contributed by atoms with E-state index in [1.807, 2.05) is 0 Å². The molecular weight excluding hydrogens is 466 g/mol. The van der Waals surface area contributed by atoms with E-state index in [-0.39, 0.29) is 47.2 Å². The number of hydrogen-bond donors (Lipinski definition) is 2. The highest BCUT2D eigenvalue weighted by Crippen LogP contribution is 2.33. The number of ether oxygens (including phenoxy) is 3. The maximum atomic E-state index is 12.4. The Kier molecular flexibility index (Phi) is 8.72. The Morgan fingerprint density at radius 2 is 1.91 bits per heavy atom. The normalized spacial score (nSPS) is 16.5. The third-order valence-corrected chi connectivity index (χ3v) is 7.11. The summed E-state index contributed by atoms with van der Waals surface area (Å²) in [5.41, 5.74) is 5.53. The number of esters is 2. The molecule has 32 heavy (non-hydrogen) atoms. The molecule has 178 valence electrons. The Hall–Kier alpha value is -2.55. The van der Waals surface area contributed by atoms with Crippen LogP contribution in [0.1, 0.15) is 38.4 Å². The van der Waals surface area contributed by atoms with E-state index in [1.54, 1.807) is 0 Å². The van der Waals surface area contributed by atoms with Gasteiger partial charge in [-0.05, 0) is 25.3 Å². The average Bonchev–Trinajstić information content (AvgIpc) is 3.31. The standard InChI is InChI=1S/C18H25N3O9S2/c1-10-13(18(25)29-8-7-28-2)16(31-14(10)15(19)23)20-12(22)9-30-17(24)11-5-4-6-21(11)32(3,26)27/h11H,4-9H2,1-3H3,(H2,19,23)(H,20,22)/t11-/m0/s1. The number of nitrogens with two attached hydrogens (primary N) is 1. The molecule has 0 radical (unpaired) electrons. The zero-order valence-electron chi connectivity index (χ0n) is 17.8. The highest BCUT2D eigenvalue weighted by Gasteiger charge is 2.37. The van der Waals surface area contributed by atoms with Gasteiger partial charge < -0.3 is 25.3 Å². The van der Waals surface area contributed by atoms with Gasteiger partial charge in [0, 0.05) is 13.7 Å². The smallest absolute Gasteiger partial charge is 0.341 e. The average molecular weight is 492 g/mol. The van der Waals surface area contributed by atoms with Crippen molar-refractivity contribution in [2.45, 2.75) is 25.8 Å². The van der Waals surface area contributed by atoms with Crippen LogP contribution in [0.3, 0.4) is 0 Å². The predicted molar refractivity (Wildman–Crippen MR) is 114 cm³/mol. The van der Waals surface area contributed by atoms with Crippen LogP contribution < -0.4 is 11.1 Å². The molecule has 0 spiro atoms. The van der Waals surface area contributed by atoms with E-state index < -0.39 is 46.4 Å². The van der Waals surface area contributed by atoms with E-state index in [0.29, 0.717) is 6.42 Å². The number of carbonyl (C=O) groups is 4. The summed E-state index contributed by atoms with van der Waals surface area (Å²) in [5, 5.41) is 2.43. The van der Waals surface area contributed by atoms with Crippen LogP contribution in [0, 0.1) is 6.92 Å². The van der Waals surface area contributed by atoms with Gasteiger partial charge in [0.05, 0.1) is 23.3 Å². The van der Waals surface area contributed by atoms with E-state index in [1.165, 1.54) is 14.0 Å². The third-order valence-electron chi connectivity index (χ3n) is 4.60. The summed E-state index contributed by atoms with van der Waals surface area (Å²) in [5.74, 6) is -3.20. The summed E-state index contributed by atoms with van der Waals surface area (Å²) >= 11 is 0.787. The van der Waals surface area contributed by atoms with Crippen LogP contribution in [0.5, 0.6) is 0 Å². The van der Waals surface area contributed by atoms with Gasteiger partial charge >= 0.3 is 11.9 Å². The molecule has 1 aliphatic rings. The van der Waals surface area contributed by atoms with Crippen LogP contribution in [0.25, 0.3) is 0 Å². The third kappa shape index (κ3) is 6.25. The van der Waals surface area contributed by atoms with Gasteiger partial charge in [-0.2, -0.15) is 4.31 Å². The van der Waals surface area contributed by atoms with Gasteiger partial charge in [0.25, 0.3) is 11.8 Å². The van der Waals surface area contributed by atoms with Crippen molar-refractivity contribution in [1.82, 2.24) is 4.31 Å². The molecule has 12 nitrogen and oxygen atoms in total. The molecule has 0 saturated carbocycles. The summed E-state index contributed by atoms with van der Waals surface area (Å²) in [6.45, 7) is 1.08. The Balaban J connectivity index is 2.08.